The highest BCUT2D eigenvalue weighted by Gasteiger charge is 2.01. The van der Waals surface area contributed by atoms with E-state index < -0.39 is 0 Å². The molecular weight excluding hydrogens is 210 g/mol. The largest absolute Gasteiger partial charge is 0.475 e. The van der Waals surface area contributed by atoms with E-state index in [0.29, 0.717) is 19.0 Å². The second-order valence-corrected chi connectivity index (χ2v) is 3.82. The monoisotopic (exact) mass is 221 g/mol. The van der Waals surface area contributed by atoms with E-state index in [4.69, 9.17) is 10.5 Å². The molecule has 0 fully saturated rings. The molecule has 0 amide bonds. The third kappa shape index (κ3) is 2.51. The van der Waals surface area contributed by atoms with Crippen molar-refractivity contribution in [2.75, 3.05) is 13.2 Å². The van der Waals surface area contributed by atoms with Crippen molar-refractivity contribution in [2.24, 2.45) is 5.73 Å². The van der Waals surface area contributed by atoms with Gasteiger partial charge in [0.15, 0.2) is 0 Å². The highest BCUT2D eigenvalue weighted by Crippen LogP contribution is 2.22. The fraction of sp³-hybridized carbons (Fsp3) is 0.200. The molecule has 78 valence electrons. The molecule has 15 heavy (non-hydrogen) atoms. The first-order valence-electron chi connectivity index (χ1n) is 4.60. The molecule has 2 heterocycles. The summed E-state index contributed by atoms with van der Waals surface area (Å²) in [5.41, 5.74) is 6.18. The summed E-state index contributed by atoms with van der Waals surface area (Å²) in [6.07, 6.45) is 0. The first-order chi connectivity index (χ1) is 7.40. The fourth-order valence-electron chi connectivity index (χ4n) is 1.12. The smallest absolute Gasteiger partial charge is 0.233 e. The summed E-state index contributed by atoms with van der Waals surface area (Å²) in [5, 5.41) is 10.0. The first-order valence-corrected chi connectivity index (χ1v) is 5.48. The second-order valence-electron chi connectivity index (χ2n) is 2.87. The lowest BCUT2D eigenvalue weighted by Crippen LogP contribution is -2.11. The van der Waals surface area contributed by atoms with Crippen molar-refractivity contribution in [3.05, 3.63) is 29.6 Å². The zero-order valence-corrected chi connectivity index (χ0v) is 8.91. The maximum atomic E-state index is 5.31. The SMILES string of the molecule is NCCOc1ccc(-c2cccs2)nn1. The van der Waals surface area contributed by atoms with Crippen LogP contribution in [0.5, 0.6) is 5.88 Å². The van der Waals surface area contributed by atoms with Crippen molar-refractivity contribution in [1.29, 1.82) is 0 Å². The van der Waals surface area contributed by atoms with E-state index in [2.05, 4.69) is 10.2 Å². The van der Waals surface area contributed by atoms with Gasteiger partial charge in [-0.15, -0.1) is 21.5 Å². The van der Waals surface area contributed by atoms with E-state index in [1.165, 1.54) is 0 Å². The van der Waals surface area contributed by atoms with Gasteiger partial charge in [-0.2, -0.15) is 0 Å². The Bertz CT molecular complexity index is 399. The third-order valence-corrected chi connectivity index (χ3v) is 2.67. The molecule has 0 aliphatic carbocycles. The maximum absolute atomic E-state index is 5.31. The quantitative estimate of drug-likeness (QED) is 0.850. The van der Waals surface area contributed by atoms with Crippen molar-refractivity contribution >= 4 is 11.3 Å². The molecule has 0 aromatic carbocycles. The lowest BCUT2D eigenvalue weighted by molar-refractivity contribution is 0.312. The lowest BCUT2D eigenvalue weighted by atomic mass is 10.3. The Morgan fingerprint density at radius 3 is 2.80 bits per heavy atom. The average molecular weight is 221 g/mol. The predicted octanol–water partition coefficient (Wildman–Crippen LogP) is 1.54. The van der Waals surface area contributed by atoms with Crippen LogP contribution < -0.4 is 10.5 Å². The number of rotatable bonds is 4. The molecule has 2 N–H and O–H groups in total. The standard InChI is InChI=1S/C10H11N3OS/c11-5-6-14-10-4-3-8(12-13-10)9-2-1-7-15-9/h1-4,7H,5-6,11H2. The topological polar surface area (TPSA) is 61.0 Å². The third-order valence-electron chi connectivity index (χ3n) is 1.78. The highest BCUT2D eigenvalue weighted by molar-refractivity contribution is 7.13. The molecule has 0 aliphatic heterocycles. The summed E-state index contributed by atoms with van der Waals surface area (Å²) in [5.74, 6) is 0.515. The first kappa shape index (κ1) is 10.1. The molecule has 5 heteroatoms. The van der Waals surface area contributed by atoms with Crippen LogP contribution in [0.4, 0.5) is 0 Å². The Hall–Kier alpha value is -1.46. The predicted molar refractivity (Wildman–Crippen MR) is 59.9 cm³/mol. The van der Waals surface area contributed by atoms with E-state index in [0.717, 1.165) is 10.6 Å². The van der Waals surface area contributed by atoms with Gasteiger partial charge in [-0.05, 0) is 17.5 Å². The van der Waals surface area contributed by atoms with Crippen molar-refractivity contribution in [3.8, 4) is 16.5 Å². The number of nitrogens with two attached hydrogens (primary N) is 1. The van der Waals surface area contributed by atoms with Gasteiger partial charge in [0.05, 0.1) is 4.88 Å². The van der Waals surface area contributed by atoms with E-state index >= 15 is 0 Å². The Morgan fingerprint density at radius 2 is 2.20 bits per heavy atom. The van der Waals surface area contributed by atoms with Crippen LogP contribution in [-0.4, -0.2) is 23.3 Å². The van der Waals surface area contributed by atoms with Crippen molar-refractivity contribution in [2.45, 2.75) is 0 Å². The zero-order valence-electron chi connectivity index (χ0n) is 8.09. The van der Waals surface area contributed by atoms with E-state index in [1.54, 1.807) is 17.4 Å². The minimum absolute atomic E-state index is 0.465. The molecule has 0 bridgehead atoms. The minimum atomic E-state index is 0.465. The van der Waals surface area contributed by atoms with Gasteiger partial charge >= 0.3 is 0 Å². The van der Waals surface area contributed by atoms with Gasteiger partial charge in [0.2, 0.25) is 5.88 Å². The minimum Gasteiger partial charge on any atom is -0.475 e. The van der Waals surface area contributed by atoms with Gasteiger partial charge in [-0.3, -0.25) is 0 Å². The van der Waals surface area contributed by atoms with E-state index in [-0.39, 0.29) is 0 Å². The van der Waals surface area contributed by atoms with Gasteiger partial charge in [-0.25, -0.2) is 0 Å². The molecule has 2 rings (SSSR count). The molecule has 0 saturated heterocycles. The lowest BCUT2D eigenvalue weighted by Gasteiger charge is -2.02. The van der Waals surface area contributed by atoms with Gasteiger partial charge < -0.3 is 10.5 Å². The van der Waals surface area contributed by atoms with Gasteiger partial charge in [0, 0.05) is 12.6 Å². The van der Waals surface area contributed by atoms with Crippen LogP contribution in [0.2, 0.25) is 0 Å². The summed E-state index contributed by atoms with van der Waals surface area (Å²) in [7, 11) is 0. The second kappa shape index (κ2) is 4.86. The molecule has 0 atom stereocenters. The van der Waals surface area contributed by atoms with Crippen LogP contribution >= 0.6 is 11.3 Å². The van der Waals surface area contributed by atoms with E-state index in [9.17, 15) is 0 Å². The van der Waals surface area contributed by atoms with Crippen LogP contribution in [0, 0.1) is 0 Å². The van der Waals surface area contributed by atoms with E-state index in [1.807, 2.05) is 23.6 Å². The van der Waals surface area contributed by atoms with Crippen LogP contribution in [0.1, 0.15) is 0 Å². The van der Waals surface area contributed by atoms with Crippen LogP contribution in [-0.2, 0) is 0 Å². The number of hydrogen-bond acceptors (Lipinski definition) is 5. The average Bonchev–Trinajstić information content (AvgIpc) is 2.80. The summed E-state index contributed by atoms with van der Waals surface area (Å²) in [6, 6.07) is 7.69. The Balaban J connectivity index is 2.11. The Kier molecular flexibility index (Phi) is 3.26. The van der Waals surface area contributed by atoms with Crippen LogP contribution in [0.15, 0.2) is 29.6 Å². The summed E-state index contributed by atoms with van der Waals surface area (Å²) < 4.78 is 5.23. The molecule has 0 radical (unpaired) electrons. The van der Waals surface area contributed by atoms with Gasteiger partial charge in [0.1, 0.15) is 12.3 Å². The number of thiophene rings is 1. The molecule has 0 aliphatic rings. The van der Waals surface area contributed by atoms with Crippen molar-refractivity contribution < 1.29 is 4.74 Å². The summed E-state index contributed by atoms with van der Waals surface area (Å²) in [6.45, 7) is 0.946. The van der Waals surface area contributed by atoms with Gasteiger partial charge in [-0.1, -0.05) is 6.07 Å². The van der Waals surface area contributed by atoms with Crippen molar-refractivity contribution in [1.82, 2.24) is 10.2 Å². The molecule has 4 nitrogen and oxygen atoms in total. The number of ether oxygens (including phenoxy) is 1. The highest BCUT2D eigenvalue weighted by atomic mass is 32.1. The molecular formula is C10H11N3OS. The summed E-state index contributed by atoms with van der Waals surface area (Å²) in [4.78, 5) is 1.10. The normalized spacial score (nSPS) is 10.2. The Labute approximate surface area is 91.7 Å². The Morgan fingerprint density at radius 1 is 1.27 bits per heavy atom. The molecule has 0 spiro atoms. The van der Waals surface area contributed by atoms with Crippen molar-refractivity contribution in [3.63, 3.8) is 0 Å². The molecule has 0 unspecified atom stereocenters. The fourth-order valence-corrected chi connectivity index (χ4v) is 1.81. The van der Waals surface area contributed by atoms with Crippen LogP contribution in [0.3, 0.4) is 0 Å². The molecule has 2 aromatic heterocycles. The number of aromatic nitrogens is 2. The molecule has 2 aromatic rings. The molecule has 0 saturated carbocycles. The maximum Gasteiger partial charge on any atom is 0.233 e. The summed E-state index contributed by atoms with van der Waals surface area (Å²) >= 11 is 1.64. The number of nitrogens with zero attached hydrogens (tertiary/aromatic N) is 2. The number of hydrogen-bond donors (Lipinski definition) is 1. The van der Waals surface area contributed by atoms with Gasteiger partial charge in [0.25, 0.3) is 0 Å². The van der Waals surface area contributed by atoms with Crippen LogP contribution in [0.25, 0.3) is 10.6 Å². The zero-order chi connectivity index (χ0) is 10.5.